The largest absolute Gasteiger partial charge is 0.507 e. The van der Waals surface area contributed by atoms with Crippen LogP contribution in [-0.2, 0) is 9.59 Å². The maximum Gasteiger partial charge on any atom is 0.295 e. The van der Waals surface area contributed by atoms with E-state index in [-0.39, 0.29) is 11.3 Å². The van der Waals surface area contributed by atoms with Gasteiger partial charge >= 0.3 is 0 Å². The molecule has 1 fully saturated rings. The molecule has 34 heavy (non-hydrogen) atoms. The SMILES string of the molecule is CCCOc1ccc(/C(O)=C2\C(=O)C(=O)N(CCCN(C)C)[C@H]2c2ccc(C(C)C)cc2)cc1. The van der Waals surface area contributed by atoms with Gasteiger partial charge < -0.3 is 19.6 Å². The summed E-state index contributed by atoms with van der Waals surface area (Å²) in [6.07, 6.45) is 1.62. The Morgan fingerprint density at radius 1 is 1.06 bits per heavy atom. The number of nitrogens with zero attached hydrogens (tertiary/aromatic N) is 2. The van der Waals surface area contributed by atoms with Crippen LogP contribution in [0.2, 0.25) is 0 Å². The highest BCUT2D eigenvalue weighted by molar-refractivity contribution is 6.46. The lowest BCUT2D eigenvalue weighted by Gasteiger charge is -2.26. The number of rotatable bonds is 10. The summed E-state index contributed by atoms with van der Waals surface area (Å²) in [5, 5.41) is 11.2. The van der Waals surface area contributed by atoms with Crippen LogP contribution >= 0.6 is 0 Å². The first-order valence-electron chi connectivity index (χ1n) is 12.0. The maximum absolute atomic E-state index is 13.2. The third-order valence-corrected chi connectivity index (χ3v) is 6.06. The molecule has 1 saturated heterocycles. The molecule has 0 aromatic heterocycles. The number of likely N-dealkylation sites (tertiary alicyclic amines) is 1. The number of hydrogen-bond acceptors (Lipinski definition) is 5. The Labute approximate surface area is 202 Å². The van der Waals surface area contributed by atoms with Crippen LogP contribution in [0.15, 0.2) is 54.1 Å². The van der Waals surface area contributed by atoms with Crippen LogP contribution in [0.25, 0.3) is 5.76 Å². The Hall–Kier alpha value is -3.12. The van der Waals surface area contributed by atoms with Crippen LogP contribution in [0.1, 0.15) is 62.3 Å². The first-order valence-corrected chi connectivity index (χ1v) is 12.0. The van der Waals surface area contributed by atoms with E-state index in [1.807, 2.05) is 50.2 Å². The van der Waals surface area contributed by atoms with E-state index in [1.54, 1.807) is 29.2 Å². The predicted octanol–water partition coefficient (Wildman–Crippen LogP) is 4.97. The molecular weight excluding hydrogens is 428 g/mol. The van der Waals surface area contributed by atoms with Gasteiger partial charge in [-0.05, 0) is 74.8 Å². The maximum atomic E-state index is 13.2. The van der Waals surface area contributed by atoms with Crippen molar-refractivity contribution in [2.45, 2.75) is 45.6 Å². The molecule has 0 saturated carbocycles. The second-order valence-corrected chi connectivity index (χ2v) is 9.34. The van der Waals surface area contributed by atoms with Gasteiger partial charge in [-0.25, -0.2) is 0 Å². The first kappa shape index (κ1) is 25.5. The van der Waals surface area contributed by atoms with Gasteiger partial charge in [0.05, 0.1) is 18.2 Å². The molecule has 2 aromatic rings. The molecule has 1 aliphatic heterocycles. The fraction of sp³-hybridized carbons (Fsp3) is 0.429. The Morgan fingerprint density at radius 2 is 1.71 bits per heavy atom. The standard InChI is InChI=1S/C28H36N2O4/c1-6-18-34-23-14-12-22(13-15-23)26(31)24-25(21-10-8-20(9-11-21)19(2)3)30(28(33)27(24)32)17-7-16-29(4)5/h8-15,19,25,31H,6-7,16-18H2,1-5H3/b26-24+/t25-/m0/s1. The van der Waals surface area contributed by atoms with Gasteiger partial charge in [0.15, 0.2) is 0 Å². The summed E-state index contributed by atoms with van der Waals surface area (Å²) in [5.41, 5.74) is 2.61. The minimum Gasteiger partial charge on any atom is -0.507 e. The smallest absolute Gasteiger partial charge is 0.295 e. The molecule has 0 spiro atoms. The van der Waals surface area contributed by atoms with Gasteiger partial charge in [0.25, 0.3) is 11.7 Å². The number of benzene rings is 2. The fourth-order valence-corrected chi connectivity index (χ4v) is 4.16. The highest BCUT2D eigenvalue weighted by Gasteiger charge is 2.45. The van der Waals surface area contributed by atoms with Crippen molar-refractivity contribution in [1.82, 2.24) is 9.80 Å². The van der Waals surface area contributed by atoms with Crippen LogP contribution in [0, 0.1) is 0 Å². The van der Waals surface area contributed by atoms with Crippen molar-refractivity contribution in [3.63, 3.8) is 0 Å². The van der Waals surface area contributed by atoms with E-state index in [2.05, 4.69) is 13.8 Å². The van der Waals surface area contributed by atoms with Gasteiger partial charge in [0, 0.05) is 12.1 Å². The molecule has 182 valence electrons. The summed E-state index contributed by atoms with van der Waals surface area (Å²) in [5.74, 6) is -0.307. The Bertz CT molecular complexity index is 1020. The van der Waals surface area contributed by atoms with Crippen molar-refractivity contribution in [2.24, 2.45) is 0 Å². The van der Waals surface area contributed by atoms with E-state index in [0.717, 1.165) is 24.9 Å². The number of aliphatic hydroxyl groups is 1. The molecule has 0 aliphatic carbocycles. The molecule has 3 rings (SSSR count). The average Bonchev–Trinajstić information content (AvgIpc) is 3.07. The number of amides is 1. The topological polar surface area (TPSA) is 70.1 Å². The van der Waals surface area contributed by atoms with Gasteiger partial charge in [-0.1, -0.05) is 45.0 Å². The summed E-state index contributed by atoms with van der Waals surface area (Å²) in [6, 6.07) is 14.3. The number of ether oxygens (including phenoxy) is 1. The Kier molecular flexibility index (Phi) is 8.51. The van der Waals surface area contributed by atoms with E-state index in [9.17, 15) is 14.7 Å². The van der Waals surface area contributed by atoms with Crippen molar-refractivity contribution in [3.8, 4) is 5.75 Å². The monoisotopic (exact) mass is 464 g/mol. The summed E-state index contributed by atoms with van der Waals surface area (Å²) in [4.78, 5) is 29.9. The molecule has 6 heteroatoms. The second kappa shape index (κ2) is 11.3. The van der Waals surface area contributed by atoms with Crippen molar-refractivity contribution in [3.05, 3.63) is 70.8 Å². The van der Waals surface area contributed by atoms with Gasteiger partial charge in [-0.2, -0.15) is 0 Å². The molecule has 0 radical (unpaired) electrons. The molecule has 1 aliphatic rings. The van der Waals surface area contributed by atoms with Crippen LogP contribution < -0.4 is 4.74 Å². The van der Waals surface area contributed by atoms with E-state index in [4.69, 9.17) is 4.74 Å². The molecule has 1 amide bonds. The van der Waals surface area contributed by atoms with Crippen LogP contribution in [0.5, 0.6) is 5.75 Å². The second-order valence-electron chi connectivity index (χ2n) is 9.34. The Morgan fingerprint density at radius 3 is 2.26 bits per heavy atom. The van der Waals surface area contributed by atoms with Gasteiger partial charge in [-0.15, -0.1) is 0 Å². The van der Waals surface area contributed by atoms with Crippen LogP contribution in [0.4, 0.5) is 0 Å². The molecule has 6 nitrogen and oxygen atoms in total. The Balaban J connectivity index is 2.02. The highest BCUT2D eigenvalue weighted by Crippen LogP contribution is 2.40. The quantitative estimate of drug-likeness (QED) is 0.305. The van der Waals surface area contributed by atoms with E-state index < -0.39 is 17.7 Å². The van der Waals surface area contributed by atoms with Crippen molar-refractivity contribution in [1.29, 1.82) is 0 Å². The zero-order valence-corrected chi connectivity index (χ0v) is 20.9. The number of Topliss-reactive ketones (excluding diaryl/α,β-unsaturated/α-hetero) is 1. The zero-order chi connectivity index (χ0) is 24.8. The molecule has 1 atom stereocenters. The molecule has 0 unspecified atom stereocenters. The van der Waals surface area contributed by atoms with E-state index >= 15 is 0 Å². The van der Waals surface area contributed by atoms with Crippen LogP contribution in [-0.4, -0.2) is 60.4 Å². The van der Waals surface area contributed by atoms with E-state index in [0.29, 0.717) is 30.4 Å². The third kappa shape index (κ3) is 5.68. The average molecular weight is 465 g/mol. The molecule has 0 bridgehead atoms. The summed E-state index contributed by atoms with van der Waals surface area (Å²) >= 11 is 0. The normalized spacial score (nSPS) is 17.7. The lowest BCUT2D eigenvalue weighted by molar-refractivity contribution is -0.139. The number of ketones is 1. The molecule has 1 N–H and O–H groups in total. The van der Waals surface area contributed by atoms with Crippen LogP contribution in [0.3, 0.4) is 0 Å². The molecular formula is C28H36N2O4. The summed E-state index contributed by atoms with van der Waals surface area (Å²) in [7, 11) is 3.95. The van der Waals surface area contributed by atoms with Gasteiger partial charge in [-0.3, -0.25) is 9.59 Å². The lowest BCUT2D eigenvalue weighted by atomic mass is 9.93. The predicted molar refractivity (Wildman–Crippen MR) is 135 cm³/mol. The van der Waals surface area contributed by atoms with Crippen molar-refractivity contribution < 1.29 is 19.4 Å². The van der Waals surface area contributed by atoms with Crippen molar-refractivity contribution in [2.75, 3.05) is 33.8 Å². The van der Waals surface area contributed by atoms with Crippen molar-refractivity contribution >= 4 is 17.4 Å². The van der Waals surface area contributed by atoms with Gasteiger partial charge in [0.2, 0.25) is 0 Å². The number of aliphatic hydroxyl groups excluding tert-OH is 1. The number of hydrogen-bond donors (Lipinski definition) is 1. The number of carbonyl (C=O) groups is 2. The molecule has 2 aromatic carbocycles. The first-order chi connectivity index (χ1) is 16.2. The lowest BCUT2D eigenvalue weighted by Crippen LogP contribution is -2.32. The summed E-state index contributed by atoms with van der Waals surface area (Å²) < 4.78 is 5.62. The molecule has 1 heterocycles. The summed E-state index contributed by atoms with van der Waals surface area (Å²) in [6.45, 7) is 8.11. The minimum absolute atomic E-state index is 0.134. The van der Waals surface area contributed by atoms with E-state index in [1.165, 1.54) is 5.56 Å². The van der Waals surface area contributed by atoms with Gasteiger partial charge in [0.1, 0.15) is 11.5 Å². The number of carbonyl (C=O) groups excluding carboxylic acids is 2. The zero-order valence-electron chi connectivity index (χ0n) is 20.9. The fourth-order valence-electron chi connectivity index (χ4n) is 4.16. The minimum atomic E-state index is -0.647. The highest BCUT2D eigenvalue weighted by atomic mass is 16.5. The third-order valence-electron chi connectivity index (χ3n) is 6.06.